The number of methoxy groups -OCH3 is 1. The summed E-state index contributed by atoms with van der Waals surface area (Å²) in [6, 6.07) is -0.472. The van der Waals surface area contributed by atoms with Gasteiger partial charge in [-0.25, -0.2) is 4.79 Å². The van der Waals surface area contributed by atoms with Crippen LogP contribution in [0, 0.1) is 5.92 Å². The first kappa shape index (κ1) is 19.5. The van der Waals surface area contributed by atoms with Crippen molar-refractivity contribution in [3.63, 3.8) is 0 Å². The monoisotopic (exact) mass is 356 g/mol. The predicted octanol–water partition coefficient (Wildman–Crippen LogP) is 1.38. The van der Waals surface area contributed by atoms with Crippen molar-refractivity contribution in [2.75, 3.05) is 20.3 Å². The third-order valence-corrected chi connectivity index (χ3v) is 5.08. The largest absolute Gasteiger partial charge is 0.481 e. The van der Waals surface area contributed by atoms with Gasteiger partial charge in [0.1, 0.15) is 0 Å². The SMILES string of the molecule is CCOC(=O)CC1CC(OC)CN1C(=O)NC1CCC(C(=O)O)CC1. The van der Waals surface area contributed by atoms with Gasteiger partial charge in [0.15, 0.2) is 0 Å². The lowest BCUT2D eigenvalue weighted by atomic mass is 9.86. The minimum atomic E-state index is -0.762. The maximum Gasteiger partial charge on any atom is 0.317 e. The summed E-state index contributed by atoms with van der Waals surface area (Å²) in [5.41, 5.74) is 0. The fourth-order valence-electron chi connectivity index (χ4n) is 3.64. The Morgan fingerprint density at radius 1 is 1.20 bits per heavy atom. The van der Waals surface area contributed by atoms with Gasteiger partial charge in [0.05, 0.1) is 25.0 Å². The molecule has 25 heavy (non-hydrogen) atoms. The molecule has 2 unspecified atom stereocenters. The number of nitrogens with zero attached hydrogens (tertiary/aromatic N) is 1. The van der Waals surface area contributed by atoms with Crippen molar-refractivity contribution in [2.24, 2.45) is 5.92 Å². The van der Waals surface area contributed by atoms with Crippen LogP contribution in [-0.2, 0) is 19.1 Å². The number of carbonyl (C=O) groups is 3. The van der Waals surface area contributed by atoms with E-state index in [1.165, 1.54) is 0 Å². The van der Waals surface area contributed by atoms with E-state index in [2.05, 4.69) is 5.32 Å². The van der Waals surface area contributed by atoms with Crippen molar-refractivity contribution in [3.8, 4) is 0 Å². The van der Waals surface area contributed by atoms with Gasteiger partial charge in [0, 0.05) is 25.7 Å². The van der Waals surface area contributed by atoms with Crippen LogP contribution in [0.1, 0.15) is 45.4 Å². The molecule has 2 N–H and O–H groups in total. The molecule has 0 aromatic heterocycles. The summed E-state index contributed by atoms with van der Waals surface area (Å²) in [5.74, 6) is -1.39. The van der Waals surface area contributed by atoms with E-state index in [4.69, 9.17) is 14.6 Å². The van der Waals surface area contributed by atoms with Crippen LogP contribution in [0.2, 0.25) is 0 Å². The number of carbonyl (C=O) groups excluding carboxylic acids is 2. The van der Waals surface area contributed by atoms with Crippen LogP contribution in [0.4, 0.5) is 4.79 Å². The van der Waals surface area contributed by atoms with Gasteiger partial charge in [-0.3, -0.25) is 9.59 Å². The first-order valence-corrected chi connectivity index (χ1v) is 8.92. The van der Waals surface area contributed by atoms with Crippen LogP contribution in [0.25, 0.3) is 0 Å². The summed E-state index contributed by atoms with van der Waals surface area (Å²) in [4.78, 5) is 37.1. The fourth-order valence-corrected chi connectivity index (χ4v) is 3.64. The summed E-state index contributed by atoms with van der Waals surface area (Å²) in [5, 5.41) is 12.0. The number of esters is 1. The molecule has 0 radical (unpaired) electrons. The molecule has 8 heteroatoms. The number of nitrogens with one attached hydrogen (secondary N) is 1. The second kappa shape index (κ2) is 9.03. The molecule has 2 fully saturated rings. The number of hydrogen-bond donors (Lipinski definition) is 2. The Morgan fingerprint density at radius 3 is 2.44 bits per heavy atom. The Labute approximate surface area is 147 Å². The lowest BCUT2D eigenvalue weighted by Crippen LogP contribution is -2.48. The molecule has 0 aromatic rings. The molecule has 2 atom stereocenters. The van der Waals surface area contributed by atoms with Crippen LogP contribution >= 0.6 is 0 Å². The molecule has 0 spiro atoms. The van der Waals surface area contributed by atoms with Crippen LogP contribution in [0.3, 0.4) is 0 Å². The Balaban J connectivity index is 1.89. The van der Waals surface area contributed by atoms with Gasteiger partial charge in [0.2, 0.25) is 0 Å². The molecule has 0 bridgehead atoms. The van der Waals surface area contributed by atoms with Crippen molar-refractivity contribution >= 4 is 18.0 Å². The number of carboxylic acid groups (broad SMARTS) is 1. The third kappa shape index (κ3) is 5.32. The summed E-state index contributed by atoms with van der Waals surface area (Å²) in [6.45, 7) is 2.51. The summed E-state index contributed by atoms with van der Waals surface area (Å²) in [7, 11) is 1.60. The van der Waals surface area contributed by atoms with Gasteiger partial charge >= 0.3 is 18.0 Å². The quantitative estimate of drug-likeness (QED) is 0.697. The van der Waals surface area contributed by atoms with Crippen LogP contribution < -0.4 is 5.32 Å². The lowest BCUT2D eigenvalue weighted by molar-refractivity contribution is -0.144. The summed E-state index contributed by atoms with van der Waals surface area (Å²) in [6.07, 6.45) is 3.15. The Kier molecular flexibility index (Phi) is 7.04. The highest BCUT2D eigenvalue weighted by Gasteiger charge is 2.38. The fraction of sp³-hybridized carbons (Fsp3) is 0.824. The number of ether oxygens (including phenoxy) is 2. The van der Waals surface area contributed by atoms with Crippen molar-refractivity contribution < 1.29 is 29.0 Å². The van der Waals surface area contributed by atoms with Crippen molar-refractivity contribution in [2.45, 2.75) is 63.6 Å². The molecule has 1 aliphatic carbocycles. The zero-order valence-electron chi connectivity index (χ0n) is 14.9. The highest BCUT2D eigenvalue weighted by molar-refractivity contribution is 5.77. The second-order valence-electron chi connectivity index (χ2n) is 6.75. The van der Waals surface area contributed by atoms with Gasteiger partial charge in [-0.2, -0.15) is 0 Å². The lowest BCUT2D eigenvalue weighted by Gasteiger charge is -2.30. The number of hydrogen-bond acceptors (Lipinski definition) is 5. The number of rotatable bonds is 6. The normalized spacial score (nSPS) is 29.3. The molecule has 8 nitrogen and oxygen atoms in total. The van der Waals surface area contributed by atoms with Gasteiger partial charge in [-0.1, -0.05) is 0 Å². The molecule has 1 aliphatic heterocycles. The highest BCUT2D eigenvalue weighted by Crippen LogP contribution is 2.26. The predicted molar refractivity (Wildman–Crippen MR) is 89.1 cm³/mol. The number of carboxylic acids is 1. The Bertz CT molecular complexity index is 490. The van der Waals surface area contributed by atoms with E-state index in [0.717, 1.165) is 0 Å². The number of urea groups is 1. The smallest absolute Gasteiger partial charge is 0.317 e. The molecular formula is C17H28N2O6. The maximum atomic E-state index is 12.6. The molecule has 0 aromatic carbocycles. The molecular weight excluding hydrogens is 328 g/mol. The van der Waals surface area contributed by atoms with E-state index in [9.17, 15) is 14.4 Å². The zero-order chi connectivity index (χ0) is 18.4. The first-order chi connectivity index (χ1) is 11.9. The number of amides is 2. The minimum absolute atomic E-state index is 0.0204. The molecule has 2 aliphatic rings. The average molecular weight is 356 g/mol. The minimum Gasteiger partial charge on any atom is -0.481 e. The summed E-state index contributed by atoms with van der Waals surface area (Å²) >= 11 is 0. The van der Waals surface area contributed by atoms with Gasteiger partial charge in [-0.15, -0.1) is 0 Å². The van der Waals surface area contributed by atoms with Crippen LogP contribution in [0.15, 0.2) is 0 Å². The molecule has 1 saturated carbocycles. The molecule has 142 valence electrons. The van der Waals surface area contributed by atoms with Gasteiger partial charge in [-0.05, 0) is 39.0 Å². The van der Waals surface area contributed by atoms with Crippen molar-refractivity contribution in [1.82, 2.24) is 10.2 Å². The van der Waals surface area contributed by atoms with E-state index in [-0.39, 0.29) is 42.5 Å². The molecule has 2 rings (SSSR count). The Hall–Kier alpha value is -1.83. The standard InChI is InChI=1S/C17H28N2O6/c1-3-25-15(20)9-13-8-14(24-2)10-19(13)17(23)18-12-6-4-11(5-7-12)16(21)22/h11-14H,3-10H2,1-2H3,(H,18,23)(H,21,22). The second-order valence-corrected chi connectivity index (χ2v) is 6.75. The average Bonchev–Trinajstić information content (AvgIpc) is 2.98. The topological polar surface area (TPSA) is 105 Å². The molecule has 1 heterocycles. The highest BCUT2D eigenvalue weighted by atomic mass is 16.5. The van der Waals surface area contributed by atoms with E-state index in [1.807, 2.05) is 0 Å². The Morgan fingerprint density at radius 2 is 1.88 bits per heavy atom. The van der Waals surface area contributed by atoms with E-state index < -0.39 is 5.97 Å². The van der Waals surface area contributed by atoms with Crippen LogP contribution in [-0.4, -0.2) is 66.4 Å². The number of aliphatic carboxylic acids is 1. The molecule has 1 saturated heterocycles. The van der Waals surface area contributed by atoms with Crippen LogP contribution in [0.5, 0.6) is 0 Å². The number of likely N-dealkylation sites (tertiary alicyclic amines) is 1. The van der Waals surface area contributed by atoms with Gasteiger partial charge < -0.3 is 24.8 Å². The molecule has 2 amide bonds. The van der Waals surface area contributed by atoms with E-state index in [1.54, 1.807) is 18.9 Å². The summed E-state index contributed by atoms with van der Waals surface area (Å²) < 4.78 is 10.3. The van der Waals surface area contributed by atoms with E-state index in [0.29, 0.717) is 45.3 Å². The van der Waals surface area contributed by atoms with E-state index >= 15 is 0 Å². The van der Waals surface area contributed by atoms with Gasteiger partial charge in [0.25, 0.3) is 0 Å². The zero-order valence-corrected chi connectivity index (χ0v) is 14.9. The van der Waals surface area contributed by atoms with Crippen molar-refractivity contribution in [1.29, 1.82) is 0 Å². The van der Waals surface area contributed by atoms with Crippen molar-refractivity contribution in [3.05, 3.63) is 0 Å². The first-order valence-electron chi connectivity index (χ1n) is 8.92. The third-order valence-electron chi connectivity index (χ3n) is 5.08. The maximum absolute atomic E-state index is 12.6.